The fraction of sp³-hybridized carbons (Fsp3) is 0.111. The Labute approximate surface area is 139 Å². The molecule has 5 heteroatoms. The molecule has 116 valence electrons. The number of thiazole rings is 1. The van der Waals surface area contributed by atoms with Gasteiger partial charge in [-0.1, -0.05) is 42.5 Å². The summed E-state index contributed by atoms with van der Waals surface area (Å²) < 4.78 is 5.81. The molecule has 0 saturated carbocycles. The fourth-order valence-electron chi connectivity index (χ4n) is 1.99. The molecule has 3 aromatic rings. The third-order valence-corrected chi connectivity index (χ3v) is 3.96. The Bertz CT molecular complexity index is 784. The smallest absolute Gasteiger partial charge is 0.203 e. The van der Waals surface area contributed by atoms with Crippen molar-refractivity contribution < 1.29 is 4.74 Å². The molecule has 1 aromatic heterocycles. The van der Waals surface area contributed by atoms with Crippen molar-refractivity contribution in [3.63, 3.8) is 0 Å². The highest BCUT2D eigenvalue weighted by atomic mass is 32.1. The minimum atomic E-state index is 0.554. The van der Waals surface area contributed by atoms with Crippen molar-refractivity contribution in [1.82, 2.24) is 4.98 Å². The number of hydrogen-bond donors (Lipinski definition) is 1. The Hall–Kier alpha value is -2.66. The summed E-state index contributed by atoms with van der Waals surface area (Å²) in [5.74, 6) is 0.822. The number of nitrogens with one attached hydrogen (secondary N) is 1. The summed E-state index contributed by atoms with van der Waals surface area (Å²) in [5, 5.41) is 6.97. The molecule has 0 saturated heterocycles. The van der Waals surface area contributed by atoms with Crippen molar-refractivity contribution in [3.8, 4) is 5.75 Å². The Kier molecular flexibility index (Phi) is 5.01. The number of hydrogen-bond acceptors (Lipinski definition) is 5. The van der Waals surface area contributed by atoms with Crippen molar-refractivity contribution in [1.29, 1.82) is 0 Å². The molecule has 0 spiro atoms. The van der Waals surface area contributed by atoms with Gasteiger partial charge in [0, 0.05) is 5.38 Å². The maximum absolute atomic E-state index is 5.81. The van der Waals surface area contributed by atoms with Crippen LogP contribution in [0.3, 0.4) is 0 Å². The lowest BCUT2D eigenvalue weighted by Gasteiger charge is -2.06. The van der Waals surface area contributed by atoms with E-state index >= 15 is 0 Å². The number of hydrazone groups is 1. The molecule has 0 amide bonds. The molecule has 0 aliphatic rings. The minimum absolute atomic E-state index is 0.554. The predicted molar refractivity (Wildman–Crippen MR) is 95.3 cm³/mol. The average molecular weight is 323 g/mol. The lowest BCUT2D eigenvalue weighted by molar-refractivity contribution is 0.306. The topological polar surface area (TPSA) is 46.5 Å². The molecule has 0 aliphatic heterocycles. The number of aryl methyl sites for hydroxylation is 1. The number of nitrogens with zero attached hydrogens (tertiary/aromatic N) is 2. The van der Waals surface area contributed by atoms with Crippen LogP contribution in [0.15, 0.2) is 65.1 Å². The monoisotopic (exact) mass is 323 g/mol. The first kappa shape index (κ1) is 15.2. The molecule has 0 atom stereocenters. The first-order valence-corrected chi connectivity index (χ1v) is 8.15. The largest absolute Gasteiger partial charge is 0.489 e. The molecule has 1 N–H and O–H groups in total. The molecule has 3 rings (SSSR count). The van der Waals surface area contributed by atoms with Gasteiger partial charge in [0.15, 0.2) is 0 Å². The summed E-state index contributed by atoms with van der Waals surface area (Å²) >= 11 is 1.53. The van der Waals surface area contributed by atoms with Crippen LogP contribution in [0.4, 0.5) is 5.13 Å². The van der Waals surface area contributed by atoms with Crippen LogP contribution < -0.4 is 10.2 Å². The van der Waals surface area contributed by atoms with Gasteiger partial charge in [-0.2, -0.15) is 5.10 Å². The van der Waals surface area contributed by atoms with E-state index in [1.54, 1.807) is 6.21 Å². The zero-order valence-corrected chi connectivity index (χ0v) is 13.6. The quantitative estimate of drug-likeness (QED) is 0.537. The zero-order chi connectivity index (χ0) is 15.9. The number of ether oxygens (including phenoxy) is 1. The van der Waals surface area contributed by atoms with E-state index in [9.17, 15) is 0 Å². The third-order valence-electron chi connectivity index (χ3n) is 3.10. The first-order chi connectivity index (χ1) is 11.3. The molecular formula is C18H17N3OS. The average Bonchev–Trinajstić information content (AvgIpc) is 3.00. The highest BCUT2D eigenvalue weighted by molar-refractivity contribution is 7.13. The number of rotatable bonds is 6. The zero-order valence-electron chi connectivity index (χ0n) is 12.8. The van der Waals surface area contributed by atoms with E-state index in [0.717, 1.165) is 27.7 Å². The molecule has 0 fully saturated rings. The fourth-order valence-corrected chi connectivity index (χ4v) is 2.63. The standard InChI is InChI=1S/C18H17N3OS/c1-14-13-23-18(20-14)21-19-11-16-8-5-9-17(10-16)22-12-15-6-3-2-4-7-15/h2-11,13H,12H2,1H3,(H,20,21)/b19-11-. The third kappa shape index (κ3) is 4.66. The minimum Gasteiger partial charge on any atom is -0.489 e. The molecule has 0 aliphatic carbocycles. The first-order valence-electron chi connectivity index (χ1n) is 7.27. The maximum atomic E-state index is 5.81. The normalized spacial score (nSPS) is 10.8. The maximum Gasteiger partial charge on any atom is 0.203 e. The number of benzene rings is 2. The lowest BCUT2D eigenvalue weighted by atomic mass is 10.2. The van der Waals surface area contributed by atoms with Gasteiger partial charge >= 0.3 is 0 Å². The van der Waals surface area contributed by atoms with Gasteiger partial charge in [-0.05, 0) is 30.2 Å². The van der Waals surface area contributed by atoms with Gasteiger partial charge in [0.1, 0.15) is 12.4 Å². The molecule has 0 radical (unpaired) electrons. The van der Waals surface area contributed by atoms with E-state index in [0.29, 0.717) is 6.61 Å². The summed E-state index contributed by atoms with van der Waals surface area (Å²) in [7, 11) is 0. The van der Waals surface area contributed by atoms with Gasteiger partial charge in [0.05, 0.1) is 11.9 Å². The summed E-state index contributed by atoms with van der Waals surface area (Å²) in [6.45, 7) is 2.51. The molecule has 1 heterocycles. The van der Waals surface area contributed by atoms with Gasteiger partial charge < -0.3 is 4.74 Å². The Balaban J connectivity index is 1.58. The van der Waals surface area contributed by atoms with E-state index < -0.39 is 0 Å². The van der Waals surface area contributed by atoms with E-state index in [1.807, 2.05) is 66.9 Å². The van der Waals surface area contributed by atoms with Crippen molar-refractivity contribution in [2.45, 2.75) is 13.5 Å². The second-order valence-corrected chi connectivity index (χ2v) is 5.87. The van der Waals surface area contributed by atoms with Gasteiger partial charge in [0.2, 0.25) is 5.13 Å². The highest BCUT2D eigenvalue weighted by Crippen LogP contribution is 2.16. The van der Waals surface area contributed by atoms with Crippen LogP contribution in [-0.4, -0.2) is 11.2 Å². The predicted octanol–water partition coefficient (Wildman–Crippen LogP) is 4.48. The molecule has 0 bridgehead atoms. The van der Waals surface area contributed by atoms with Gasteiger partial charge in [-0.25, -0.2) is 4.98 Å². The molecular weight excluding hydrogens is 306 g/mol. The van der Waals surface area contributed by atoms with Crippen molar-refractivity contribution in [3.05, 3.63) is 76.8 Å². The Morgan fingerprint density at radius 2 is 2.04 bits per heavy atom. The SMILES string of the molecule is Cc1csc(N/N=C\c2cccc(OCc3ccccc3)c2)n1. The summed E-state index contributed by atoms with van der Waals surface area (Å²) in [6.07, 6.45) is 1.76. The van der Waals surface area contributed by atoms with Crippen molar-refractivity contribution in [2.24, 2.45) is 5.10 Å². The van der Waals surface area contributed by atoms with Crippen LogP contribution in [0.2, 0.25) is 0 Å². The molecule has 2 aromatic carbocycles. The second-order valence-electron chi connectivity index (χ2n) is 5.01. The van der Waals surface area contributed by atoms with Gasteiger partial charge in [0.25, 0.3) is 0 Å². The van der Waals surface area contributed by atoms with Gasteiger partial charge in [-0.3, -0.25) is 5.43 Å². The summed E-state index contributed by atoms with van der Waals surface area (Å²) in [4.78, 5) is 4.29. The van der Waals surface area contributed by atoms with Crippen molar-refractivity contribution >= 4 is 22.7 Å². The van der Waals surface area contributed by atoms with Crippen LogP contribution in [0.5, 0.6) is 5.75 Å². The summed E-state index contributed by atoms with van der Waals surface area (Å²) in [5.41, 5.74) is 6.03. The Morgan fingerprint density at radius 1 is 1.17 bits per heavy atom. The van der Waals surface area contributed by atoms with Crippen LogP contribution in [-0.2, 0) is 6.61 Å². The van der Waals surface area contributed by atoms with Crippen LogP contribution in [0.25, 0.3) is 0 Å². The van der Waals surface area contributed by atoms with E-state index in [2.05, 4.69) is 15.5 Å². The lowest BCUT2D eigenvalue weighted by Crippen LogP contribution is -1.96. The molecule has 23 heavy (non-hydrogen) atoms. The second kappa shape index (κ2) is 7.56. The molecule has 0 unspecified atom stereocenters. The van der Waals surface area contributed by atoms with Crippen LogP contribution in [0.1, 0.15) is 16.8 Å². The van der Waals surface area contributed by atoms with E-state index in [1.165, 1.54) is 11.3 Å². The number of aromatic nitrogens is 1. The van der Waals surface area contributed by atoms with Crippen LogP contribution >= 0.6 is 11.3 Å². The van der Waals surface area contributed by atoms with Crippen LogP contribution in [0, 0.1) is 6.92 Å². The molecule has 4 nitrogen and oxygen atoms in total. The van der Waals surface area contributed by atoms with Crippen molar-refractivity contribution in [2.75, 3.05) is 5.43 Å². The Morgan fingerprint density at radius 3 is 2.83 bits per heavy atom. The van der Waals surface area contributed by atoms with E-state index in [-0.39, 0.29) is 0 Å². The number of anilines is 1. The van der Waals surface area contributed by atoms with Gasteiger partial charge in [-0.15, -0.1) is 11.3 Å². The van der Waals surface area contributed by atoms with E-state index in [4.69, 9.17) is 4.74 Å². The summed E-state index contributed by atoms with van der Waals surface area (Å²) in [6, 6.07) is 17.9. The highest BCUT2D eigenvalue weighted by Gasteiger charge is 1.98.